The Labute approximate surface area is 91.8 Å². The molecule has 0 radical (unpaired) electrons. The second-order valence-electron chi connectivity index (χ2n) is 4.43. The first-order chi connectivity index (χ1) is 7.06. The topological polar surface area (TPSA) is 55.6 Å². The van der Waals surface area contributed by atoms with E-state index in [2.05, 4.69) is 11.8 Å². The van der Waals surface area contributed by atoms with E-state index in [-0.39, 0.29) is 18.1 Å². The van der Waals surface area contributed by atoms with Crippen molar-refractivity contribution in [1.29, 1.82) is 0 Å². The third-order valence-electron chi connectivity index (χ3n) is 3.41. The molecular weight excluding hydrogens is 192 g/mol. The van der Waals surface area contributed by atoms with Gasteiger partial charge in [0.15, 0.2) is 0 Å². The van der Waals surface area contributed by atoms with Crippen molar-refractivity contribution in [1.82, 2.24) is 4.90 Å². The lowest BCUT2D eigenvalue weighted by atomic mass is 9.90. The average Bonchev–Trinajstić information content (AvgIpc) is 2.27. The summed E-state index contributed by atoms with van der Waals surface area (Å²) in [6, 6.07) is 0.143. The maximum Gasteiger partial charge on any atom is 0.322 e. The summed E-state index contributed by atoms with van der Waals surface area (Å²) in [5, 5.41) is 0. The Morgan fingerprint density at radius 2 is 1.93 bits per heavy atom. The second-order valence-corrected chi connectivity index (χ2v) is 4.43. The third-order valence-corrected chi connectivity index (χ3v) is 3.41. The molecule has 2 unspecified atom stereocenters. The number of nitrogens with two attached hydrogens (primary N) is 1. The lowest BCUT2D eigenvalue weighted by Gasteiger charge is -2.36. The number of carbonyl (C=O) groups is 1. The van der Waals surface area contributed by atoms with Crippen LogP contribution in [0.2, 0.25) is 0 Å². The quantitative estimate of drug-likeness (QED) is 0.699. The zero-order valence-electron chi connectivity index (χ0n) is 9.90. The van der Waals surface area contributed by atoms with Crippen molar-refractivity contribution >= 4 is 5.97 Å². The van der Waals surface area contributed by atoms with Gasteiger partial charge in [-0.05, 0) is 45.7 Å². The molecule has 1 saturated heterocycles. The molecule has 2 N–H and O–H groups in total. The standard InChI is InChI=1S/C11H22N2O2/c1-8(12)10-4-6-13(7-5-10)9(2)11(14)15-3/h8-10H,4-7,12H2,1-3H3. The zero-order valence-corrected chi connectivity index (χ0v) is 9.90. The highest BCUT2D eigenvalue weighted by Gasteiger charge is 2.28. The molecule has 1 fully saturated rings. The van der Waals surface area contributed by atoms with Crippen LogP contribution in [0, 0.1) is 5.92 Å². The Balaban J connectivity index is 2.40. The van der Waals surface area contributed by atoms with E-state index in [1.807, 2.05) is 6.92 Å². The van der Waals surface area contributed by atoms with Crippen molar-refractivity contribution < 1.29 is 9.53 Å². The minimum atomic E-state index is -0.144. The van der Waals surface area contributed by atoms with Gasteiger partial charge in [-0.2, -0.15) is 0 Å². The SMILES string of the molecule is COC(=O)C(C)N1CCC(C(C)N)CC1. The van der Waals surface area contributed by atoms with E-state index in [1.54, 1.807) is 0 Å². The molecule has 0 amide bonds. The Bertz CT molecular complexity index is 211. The van der Waals surface area contributed by atoms with Gasteiger partial charge in [0.25, 0.3) is 0 Å². The number of esters is 1. The van der Waals surface area contributed by atoms with E-state index in [1.165, 1.54) is 7.11 Å². The number of piperidine rings is 1. The molecule has 4 nitrogen and oxygen atoms in total. The Morgan fingerprint density at radius 3 is 2.33 bits per heavy atom. The highest BCUT2D eigenvalue weighted by Crippen LogP contribution is 2.21. The van der Waals surface area contributed by atoms with Crippen LogP contribution in [0.1, 0.15) is 26.7 Å². The van der Waals surface area contributed by atoms with E-state index >= 15 is 0 Å². The molecule has 15 heavy (non-hydrogen) atoms. The molecule has 1 rings (SSSR count). The zero-order chi connectivity index (χ0) is 11.4. The highest BCUT2D eigenvalue weighted by atomic mass is 16.5. The van der Waals surface area contributed by atoms with Crippen molar-refractivity contribution in [2.24, 2.45) is 11.7 Å². The molecule has 1 aliphatic heterocycles. The molecule has 1 aliphatic rings. The fourth-order valence-electron chi connectivity index (χ4n) is 2.15. The van der Waals surface area contributed by atoms with Gasteiger partial charge in [-0.1, -0.05) is 0 Å². The van der Waals surface area contributed by atoms with E-state index in [0.29, 0.717) is 5.92 Å². The van der Waals surface area contributed by atoms with Crippen LogP contribution in [0.3, 0.4) is 0 Å². The van der Waals surface area contributed by atoms with Crippen molar-refractivity contribution in [3.05, 3.63) is 0 Å². The molecule has 0 aromatic heterocycles. The Morgan fingerprint density at radius 1 is 1.40 bits per heavy atom. The van der Waals surface area contributed by atoms with Crippen LogP contribution in [0.15, 0.2) is 0 Å². The summed E-state index contributed by atoms with van der Waals surface area (Å²) in [5.74, 6) is 0.459. The molecular formula is C11H22N2O2. The van der Waals surface area contributed by atoms with Gasteiger partial charge in [0, 0.05) is 6.04 Å². The van der Waals surface area contributed by atoms with Gasteiger partial charge >= 0.3 is 5.97 Å². The van der Waals surface area contributed by atoms with Crippen molar-refractivity contribution in [2.45, 2.75) is 38.8 Å². The van der Waals surface area contributed by atoms with Crippen molar-refractivity contribution in [2.75, 3.05) is 20.2 Å². The van der Waals surface area contributed by atoms with E-state index in [0.717, 1.165) is 25.9 Å². The van der Waals surface area contributed by atoms with E-state index in [4.69, 9.17) is 10.5 Å². The van der Waals surface area contributed by atoms with Gasteiger partial charge in [0.05, 0.1) is 7.11 Å². The maximum absolute atomic E-state index is 11.3. The molecule has 0 spiro atoms. The van der Waals surface area contributed by atoms with Crippen molar-refractivity contribution in [3.63, 3.8) is 0 Å². The summed E-state index contributed by atoms with van der Waals surface area (Å²) in [7, 11) is 1.44. The molecule has 2 atom stereocenters. The minimum Gasteiger partial charge on any atom is -0.468 e. The van der Waals surface area contributed by atoms with Gasteiger partial charge in [-0.25, -0.2) is 0 Å². The number of likely N-dealkylation sites (tertiary alicyclic amines) is 1. The van der Waals surface area contributed by atoms with Gasteiger partial charge in [0.1, 0.15) is 6.04 Å². The van der Waals surface area contributed by atoms with Gasteiger partial charge in [-0.3, -0.25) is 9.69 Å². The molecule has 0 saturated carbocycles. The minimum absolute atomic E-state index is 0.121. The largest absolute Gasteiger partial charge is 0.468 e. The molecule has 0 aromatic carbocycles. The van der Waals surface area contributed by atoms with Crippen molar-refractivity contribution in [3.8, 4) is 0 Å². The van der Waals surface area contributed by atoms with Crippen LogP contribution < -0.4 is 5.73 Å². The number of hydrogen-bond donors (Lipinski definition) is 1. The maximum atomic E-state index is 11.3. The second kappa shape index (κ2) is 5.47. The number of rotatable bonds is 3. The summed E-state index contributed by atoms with van der Waals surface area (Å²) in [6.07, 6.45) is 2.16. The summed E-state index contributed by atoms with van der Waals surface area (Å²) >= 11 is 0. The third kappa shape index (κ3) is 3.18. The fourth-order valence-corrected chi connectivity index (χ4v) is 2.15. The molecule has 88 valence electrons. The number of carbonyl (C=O) groups excluding carboxylic acids is 1. The molecule has 0 bridgehead atoms. The molecule has 0 aliphatic carbocycles. The first kappa shape index (κ1) is 12.5. The molecule has 0 aromatic rings. The first-order valence-electron chi connectivity index (χ1n) is 5.63. The number of hydrogen-bond acceptors (Lipinski definition) is 4. The van der Waals surface area contributed by atoms with Crippen LogP contribution in [0.4, 0.5) is 0 Å². The van der Waals surface area contributed by atoms with Gasteiger partial charge in [0.2, 0.25) is 0 Å². The van der Waals surface area contributed by atoms with Gasteiger partial charge in [-0.15, -0.1) is 0 Å². The van der Waals surface area contributed by atoms with Gasteiger partial charge < -0.3 is 10.5 Å². The lowest BCUT2D eigenvalue weighted by molar-refractivity contribution is -0.146. The Hall–Kier alpha value is -0.610. The smallest absolute Gasteiger partial charge is 0.322 e. The Kier molecular flexibility index (Phi) is 4.54. The fraction of sp³-hybridized carbons (Fsp3) is 0.909. The normalized spacial score (nSPS) is 23.5. The lowest BCUT2D eigenvalue weighted by Crippen LogP contribution is -2.46. The summed E-state index contributed by atoms with van der Waals surface area (Å²) in [6.45, 7) is 5.85. The van der Waals surface area contributed by atoms with Crippen LogP contribution >= 0.6 is 0 Å². The number of ether oxygens (including phenoxy) is 1. The predicted octanol–water partition coefficient (Wildman–Crippen LogP) is 0.607. The van der Waals surface area contributed by atoms with E-state index < -0.39 is 0 Å². The summed E-state index contributed by atoms with van der Waals surface area (Å²) < 4.78 is 4.73. The highest BCUT2D eigenvalue weighted by molar-refractivity contribution is 5.75. The molecule has 4 heteroatoms. The first-order valence-corrected chi connectivity index (χ1v) is 5.63. The number of nitrogens with zero attached hydrogens (tertiary/aromatic N) is 1. The monoisotopic (exact) mass is 214 g/mol. The van der Waals surface area contributed by atoms with Crippen LogP contribution in [0.25, 0.3) is 0 Å². The van der Waals surface area contributed by atoms with Crippen LogP contribution in [-0.4, -0.2) is 43.2 Å². The summed E-state index contributed by atoms with van der Waals surface area (Å²) in [4.78, 5) is 13.5. The van der Waals surface area contributed by atoms with Crippen LogP contribution in [0.5, 0.6) is 0 Å². The van der Waals surface area contributed by atoms with Crippen LogP contribution in [-0.2, 0) is 9.53 Å². The van der Waals surface area contributed by atoms with E-state index in [9.17, 15) is 4.79 Å². The average molecular weight is 214 g/mol. The summed E-state index contributed by atoms with van der Waals surface area (Å²) in [5.41, 5.74) is 5.86. The predicted molar refractivity (Wildman–Crippen MR) is 59.4 cm³/mol. The molecule has 1 heterocycles. The number of methoxy groups -OCH3 is 1.